The maximum absolute atomic E-state index is 5.71. The topological polar surface area (TPSA) is 59.1 Å². The molecular formula is C23H26N4O. The highest BCUT2D eigenvalue weighted by Gasteiger charge is 2.15. The number of rotatable bonds is 7. The third-order valence-corrected chi connectivity index (χ3v) is 4.85. The van der Waals surface area contributed by atoms with Crippen LogP contribution in [0.25, 0.3) is 11.4 Å². The molecule has 1 aliphatic heterocycles. The fraction of sp³-hybridized carbons (Fsp3) is 0.304. The van der Waals surface area contributed by atoms with E-state index in [1.807, 2.05) is 36.4 Å². The summed E-state index contributed by atoms with van der Waals surface area (Å²) in [6.07, 6.45) is 2.50. The lowest BCUT2D eigenvalue weighted by Crippen LogP contribution is -2.19. The summed E-state index contributed by atoms with van der Waals surface area (Å²) in [5.41, 5.74) is 3.49. The van der Waals surface area contributed by atoms with Crippen LogP contribution in [0, 0.1) is 6.92 Å². The second-order valence-electron chi connectivity index (χ2n) is 7.19. The molecule has 28 heavy (non-hydrogen) atoms. The average Bonchev–Trinajstić information content (AvgIpc) is 3.25. The van der Waals surface area contributed by atoms with Crippen molar-refractivity contribution in [3.05, 3.63) is 71.8 Å². The van der Waals surface area contributed by atoms with Crippen LogP contribution in [0.3, 0.4) is 0 Å². The molecular weight excluding hydrogens is 348 g/mol. The minimum absolute atomic E-state index is 0.263. The second kappa shape index (κ2) is 8.85. The molecule has 0 amide bonds. The third-order valence-electron chi connectivity index (χ3n) is 4.85. The van der Waals surface area contributed by atoms with E-state index in [0.29, 0.717) is 5.82 Å². The van der Waals surface area contributed by atoms with E-state index in [9.17, 15) is 0 Å². The van der Waals surface area contributed by atoms with Crippen molar-refractivity contribution < 1.29 is 4.74 Å². The SMILES string of the molecule is Cc1cccc(CNc2cc(NCC3CCCO3)nc(-c3ccccc3)n2)c1. The van der Waals surface area contributed by atoms with Crippen molar-refractivity contribution >= 4 is 11.6 Å². The van der Waals surface area contributed by atoms with Gasteiger partial charge in [0, 0.05) is 31.3 Å². The van der Waals surface area contributed by atoms with Crippen LogP contribution in [-0.2, 0) is 11.3 Å². The van der Waals surface area contributed by atoms with Gasteiger partial charge in [0.2, 0.25) is 0 Å². The van der Waals surface area contributed by atoms with Crippen molar-refractivity contribution in [1.29, 1.82) is 0 Å². The number of aryl methyl sites for hydroxylation is 1. The number of nitrogens with zero attached hydrogens (tertiary/aromatic N) is 2. The maximum atomic E-state index is 5.71. The van der Waals surface area contributed by atoms with E-state index in [1.165, 1.54) is 11.1 Å². The first-order valence-corrected chi connectivity index (χ1v) is 9.86. The first kappa shape index (κ1) is 18.4. The quantitative estimate of drug-likeness (QED) is 0.630. The van der Waals surface area contributed by atoms with Gasteiger partial charge < -0.3 is 15.4 Å². The highest BCUT2D eigenvalue weighted by atomic mass is 16.5. The third kappa shape index (κ3) is 4.87. The number of nitrogens with one attached hydrogen (secondary N) is 2. The highest BCUT2D eigenvalue weighted by molar-refractivity contribution is 5.61. The van der Waals surface area contributed by atoms with Gasteiger partial charge >= 0.3 is 0 Å². The Kier molecular flexibility index (Phi) is 5.83. The van der Waals surface area contributed by atoms with Crippen molar-refractivity contribution in [3.63, 3.8) is 0 Å². The van der Waals surface area contributed by atoms with Gasteiger partial charge in [-0.15, -0.1) is 0 Å². The average molecular weight is 374 g/mol. The molecule has 5 heteroatoms. The fourth-order valence-corrected chi connectivity index (χ4v) is 3.38. The Labute approximate surface area is 166 Å². The van der Waals surface area contributed by atoms with Crippen LogP contribution in [-0.4, -0.2) is 29.2 Å². The van der Waals surface area contributed by atoms with Crippen LogP contribution in [0.2, 0.25) is 0 Å². The molecule has 1 saturated heterocycles. The van der Waals surface area contributed by atoms with Gasteiger partial charge in [-0.1, -0.05) is 60.2 Å². The Hall–Kier alpha value is -2.92. The molecule has 2 heterocycles. The van der Waals surface area contributed by atoms with Crippen LogP contribution in [0.1, 0.15) is 24.0 Å². The van der Waals surface area contributed by atoms with Crippen molar-refractivity contribution in [3.8, 4) is 11.4 Å². The van der Waals surface area contributed by atoms with Gasteiger partial charge in [0.1, 0.15) is 11.6 Å². The van der Waals surface area contributed by atoms with Crippen LogP contribution in [0.5, 0.6) is 0 Å². The maximum Gasteiger partial charge on any atom is 0.163 e. The molecule has 2 N–H and O–H groups in total. The van der Waals surface area contributed by atoms with E-state index in [-0.39, 0.29) is 6.10 Å². The molecule has 0 aliphatic carbocycles. The molecule has 1 aromatic heterocycles. The van der Waals surface area contributed by atoms with Gasteiger partial charge in [-0.25, -0.2) is 9.97 Å². The largest absolute Gasteiger partial charge is 0.376 e. The lowest BCUT2D eigenvalue weighted by atomic mass is 10.1. The van der Waals surface area contributed by atoms with E-state index in [1.54, 1.807) is 0 Å². The molecule has 3 aromatic rings. The summed E-state index contributed by atoms with van der Waals surface area (Å²) in [6.45, 7) is 4.45. The summed E-state index contributed by atoms with van der Waals surface area (Å²) in [7, 11) is 0. The summed E-state index contributed by atoms with van der Waals surface area (Å²) in [5, 5.41) is 6.87. The van der Waals surface area contributed by atoms with E-state index in [2.05, 4.69) is 41.8 Å². The molecule has 1 atom stereocenters. The van der Waals surface area contributed by atoms with Crippen molar-refractivity contribution in [2.45, 2.75) is 32.4 Å². The molecule has 0 spiro atoms. The first-order valence-electron chi connectivity index (χ1n) is 9.86. The zero-order valence-electron chi connectivity index (χ0n) is 16.2. The Morgan fingerprint density at radius 3 is 2.54 bits per heavy atom. The van der Waals surface area contributed by atoms with Crippen molar-refractivity contribution in [2.24, 2.45) is 0 Å². The number of anilines is 2. The van der Waals surface area contributed by atoms with E-state index in [0.717, 1.165) is 49.7 Å². The molecule has 5 nitrogen and oxygen atoms in total. The summed E-state index contributed by atoms with van der Waals surface area (Å²) >= 11 is 0. The molecule has 1 unspecified atom stereocenters. The smallest absolute Gasteiger partial charge is 0.163 e. The van der Waals surface area contributed by atoms with Crippen LogP contribution in [0.15, 0.2) is 60.7 Å². The van der Waals surface area contributed by atoms with E-state index >= 15 is 0 Å². The first-order chi connectivity index (χ1) is 13.8. The van der Waals surface area contributed by atoms with Gasteiger partial charge in [-0.2, -0.15) is 0 Å². The van der Waals surface area contributed by atoms with Gasteiger partial charge in [0.15, 0.2) is 5.82 Å². The van der Waals surface area contributed by atoms with Crippen LogP contribution >= 0.6 is 0 Å². The Morgan fingerprint density at radius 2 is 1.79 bits per heavy atom. The second-order valence-corrected chi connectivity index (χ2v) is 7.19. The normalized spacial score (nSPS) is 16.1. The number of hydrogen-bond donors (Lipinski definition) is 2. The predicted molar refractivity (Wildman–Crippen MR) is 113 cm³/mol. The van der Waals surface area contributed by atoms with Crippen molar-refractivity contribution in [2.75, 3.05) is 23.8 Å². The van der Waals surface area contributed by atoms with Crippen LogP contribution < -0.4 is 10.6 Å². The number of hydrogen-bond acceptors (Lipinski definition) is 5. The lowest BCUT2D eigenvalue weighted by molar-refractivity contribution is 0.120. The minimum atomic E-state index is 0.263. The molecule has 144 valence electrons. The Bertz CT molecular complexity index is 907. The summed E-state index contributed by atoms with van der Waals surface area (Å²) in [5.74, 6) is 2.34. The summed E-state index contributed by atoms with van der Waals surface area (Å²) < 4.78 is 5.71. The highest BCUT2D eigenvalue weighted by Crippen LogP contribution is 2.21. The molecule has 1 aliphatic rings. The van der Waals surface area contributed by atoms with Gasteiger partial charge in [-0.05, 0) is 25.3 Å². The zero-order chi connectivity index (χ0) is 19.2. The lowest BCUT2D eigenvalue weighted by Gasteiger charge is -2.14. The van der Waals surface area contributed by atoms with Crippen molar-refractivity contribution in [1.82, 2.24) is 9.97 Å². The number of aromatic nitrogens is 2. The predicted octanol–water partition coefficient (Wildman–Crippen LogP) is 4.66. The van der Waals surface area contributed by atoms with Gasteiger partial charge in [-0.3, -0.25) is 0 Å². The van der Waals surface area contributed by atoms with Crippen LogP contribution in [0.4, 0.5) is 11.6 Å². The zero-order valence-corrected chi connectivity index (χ0v) is 16.2. The van der Waals surface area contributed by atoms with Gasteiger partial charge in [0.05, 0.1) is 6.10 Å². The standard InChI is InChI=1S/C23H26N4O/c1-17-7-5-8-18(13-17)15-24-21-14-22(25-16-20-11-6-12-28-20)27-23(26-21)19-9-3-2-4-10-19/h2-5,7-10,13-14,20H,6,11-12,15-16H2,1H3,(H2,24,25,26,27). The summed E-state index contributed by atoms with van der Waals surface area (Å²) in [4.78, 5) is 9.44. The number of ether oxygens (including phenoxy) is 1. The minimum Gasteiger partial charge on any atom is -0.376 e. The van der Waals surface area contributed by atoms with E-state index < -0.39 is 0 Å². The molecule has 4 rings (SSSR count). The van der Waals surface area contributed by atoms with E-state index in [4.69, 9.17) is 14.7 Å². The Morgan fingerprint density at radius 1 is 0.964 bits per heavy atom. The summed E-state index contributed by atoms with van der Waals surface area (Å²) in [6, 6.07) is 20.5. The molecule has 0 bridgehead atoms. The molecule has 0 saturated carbocycles. The number of benzene rings is 2. The molecule has 0 radical (unpaired) electrons. The molecule has 2 aromatic carbocycles. The van der Waals surface area contributed by atoms with Gasteiger partial charge in [0.25, 0.3) is 0 Å². The monoisotopic (exact) mass is 374 g/mol. The Balaban J connectivity index is 1.54. The molecule has 1 fully saturated rings. The fourth-order valence-electron chi connectivity index (χ4n) is 3.38.